The molecule has 1 unspecified atom stereocenters. The quantitative estimate of drug-likeness (QED) is 0.291. The molecule has 180 valence electrons. The van der Waals surface area contributed by atoms with Crippen LogP contribution in [0.4, 0.5) is 5.69 Å². The third kappa shape index (κ3) is 4.32. The first-order chi connectivity index (χ1) is 16.6. The maximum absolute atomic E-state index is 13.4. The highest BCUT2D eigenvalue weighted by Gasteiger charge is 2.47. The topological polar surface area (TPSA) is 79.7 Å². The highest BCUT2D eigenvalue weighted by molar-refractivity contribution is 6.51. The predicted octanol–water partition coefficient (Wildman–Crippen LogP) is 5.77. The van der Waals surface area contributed by atoms with Crippen molar-refractivity contribution in [2.75, 3.05) is 12.0 Å². The van der Waals surface area contributed by atoms with Gasteiger partial charge in [-0.15, -0.1) is 0 Å². The monoisotopic (exact) mass is 470 g/mol. The van der Waals surface area contributed by atoms with Crippen molar-refractivity contribution in [1.29, 1.82) is 0 Å². The molecule has 0 bridgehead atoms. The fraction of sp³-hybridized carbons (Fsp3) is 0.276. The van der Waals surface area contributed by atoms with Gasteiger partial charge in [0.15, 0.2) is 0 Å². The standard InChI is InChI=1S/C29H30N2O4/c1-16(2)21-15-22(19(5)14-24(21)35-6)27(32)25-26(23-9-7-8-10-30-23)31(29(34)28(25)33)20-12-17(3)11-18(4)13-20/h7-16,26,32H,1-6H3/b27-25+. The Hall–Kier alpha value is -3.93. The van der Waals surface area contributed by atoms with Crippen LogP contribution >= 0.6 is 0 Å². The number of aromatic nitrogens is 1. The number of benzene rings is 2. The number of anilines is 1. The lowest BCUT2D eigenvalue weighted by atomic mass is 9.92. The van der Waals surface area contributed by atoms with E-state index in [1.165, 1.54) is 4.90 Å². The lowest BCUT2D eigenvalue weighted by Gasteiger charge is -2.25. The van der Waals surface area contributed by atoms with Gasteiger partial charge in [0, 0.05) is 17.4 Å². The van der Waals surface area contributed by atoms with Crippen molar-refractivity contribution in [3.63, 3.8) is 0 Å². The van der Waals surface area contributed by atoms with Crippen LogP contribution in [-0.4, -0.2) is 28.9 Å². The summed E-state index contributed by atoms with van der Waals surface area (Å²) in [5.74, 6) is -0.804. The van der Waals surface area contributed by atoms with Crippen LogP contribution < -0.4 is 9.64 Å². The number of pyridine rings is 1. The Bertz CT molecular complexity index is 1320. The van der Waals surface area contributed by atoms with Crippen LogP contribution in [0.15, 0.2) is 60.3 Å². The van der Waals surface area contributed by atoms with Gasteiger partial charge in [-0.3, -0.25) is 19.5 Å². The molecule has 4 rings (SSSR count). The van der Waals surface area contributed by atoms with Gasteiger partial charge >= 0.3 is 0 Å². The Morgan fingerprint density at radius 1 is 1.03 bits per heavy atom. The van der Waals surface area contributed by atoms with Crippen LogP contribution in [0.5, 0.6) is 5.75 Å². The Kier molecular flexibility index (Phi) is 6.48. The molecular formula is C29H30N2O4. The number of aliphatic hydroxyl groups is 1. The van der Waals surface area contributed by atoms with Crippen molar-refractivity contribution in [3.05, 3.63) is 93.8 Å². The van der Waals surface area contributed by atoms with E-state index in [1.54, 1.807) is 31.5 Å². The number of methoxy groups -OCH3 is 1. The second-order valence-corrected chi connectivity index (χ2v) is 9.33. The molecule has 35 heavy (non-hydrogen) atoms. The minimum absolute atomic E-state index is 0.0239. The van der Waals surface area contributed by atoms with E-state index in [-0.39, 0.29) is 17.3 Å². The van der Waals surface area contributed by atoms with Gasteiger partial charge in [0.05, 0.1) is 18.4 Å². The van der Waals surface area contributed by atoms with Gasteiger partial charge in [0.1, 0.15) is 17.6 Å². The van der Waals surface area contributed by atoms with Gasteiger partial charge in [-0.2, -0.15) is 0 Å². The van der Waals surface area contributed by atoms with Crippen molar-refractivity contribution in [2.24, 2.45) is 0 Å². The second kappa shape index (κ2) is 9.37. The summed E-state index contributed by atoms with van der Waals surface area (Å²) in [6.07, 6.45) is 1.62. The molecule has 0 radical (unpaired) electrons. The Morgan fingerprint density at radius 2 is 1.71 bits per heavy atom. The predicted molar refractivity (Wildman–Crippen MR) is 137 cm³/mol. The third-order valence-electron chi connectivity index (χ3n) is 6.35. The summed E-state index contributed by atoms with van der Waals surface area (Å²) < 4.78 is 5.54. The SMILES string of the molecule is COc1cc(C)c(/C(O)=C2\C(=O)C(=O)N(c3cc(C)cc(C)c3)C2c2ccccn2)cc1C(C)C. The number of Topliss-reactive ketones (excluding diaryl/α,β-unsaturated/α-hetero) is 1. The number of hydrogen-bond acceptors (Lipinski definition) is 5. The smallest absolute Gasteiger partial charge is 0.300 e. The first kappa shape index (κ1) is 24.2. The van der Waals surface area contributed by atoms with Gasteiger partial charge in [-0.05, 0) is 85.3 Å². The van der Waals surface area contributed by atoms with Crippen LogP contribution in [0.1, 0.15) is 59.3 Å². The molecule has 0 aliphatic carbocycles. The Labute approximate surface area is 205 Å². The molecule has 0 spiro atoms. The number of aryl methyl sites for hydroxylation is 3. The van der Waals surface area contributed by atoms with Gasteiger partial charge in [-0.25, -0.2) is 0 Å². The fourth-order valence-electron chi connectivity index (χ4n) is 4.73. The summed E-state index contributed by atoms with van der Waals surface area (Å²) in [4.78, 5) is 32.8. The van der Waals surface area contributed by atoms with E-state index >= 15 is 0 Å². The summed E-state index contributed by atoms with van der Waals surface area (Å²) in [7, 11) is 1.61. The van der Waals surface area contributed by atoms with E-state index < -0.39 is 17.7 Å². The number of amides is 1. The van der Waals surface area contributed by atoms with Crippen LogP contribution in [-0.2, 0) is 9.59 Å². The zero-order chi connectivity index (χ0) is 25.4. The van der Waals surface area contributed by atoms with Crippen LogP contribution in [0.2, 0.25) is 0 Å². The molecule has 1 aromatic heterocycles. The second-order valence-electron chi connectivity index (χ2n) is 9.33. The summed E-state index contributed by atoms with van der Waals surface area (Å²) in [5, 5.41) is 11.6. The molecule has 6 heteroatoms. The van der Waals surface area contributed by atoms with Gasteiger partial charge < -0.3 is 9.84 Å². The molecule has 1 N–H and O–H groups in total. The first-order valence-corrected chi connectivity index (χ1v) is 11.6. The fourth-order valence-corrected chi connectivity index (χ4v) is 4.73. The maximum atomic E-state index is 13.4. The lowest BCUT2D eigenvalue weighted by Crippen LogP contribution is -2.30. The molecule has 1 atom stereocenters. The van der Waals surface area contributed by atoms with Gasteiger partial charge in [0.2, 0.25) is 0 Å². The lowest BCUT2D eigenvalue weighted by molar-refractivity contribution is -0.132. The van der Waals surface area contributed by atoms with Crippen LogP contribution in [0.3, 0.4) is 0 Å². The van der Waals surface area contributed by atoms with E-state index in [0.717, 1.165) is 22.3 Å². The summed E-state index contributed by atoms with van der Waals surface area (Å²) in [6.45, 7) is 9.79. The summed E-state index contributed by atoms with van der Waals surface area (Å²) in [5.41, 5.74) is 5.18. The highest BCUT2D eigenvalue weighted by Crippen LogP contribution is 2.43. The minimum atomic E-state index is -0.860. The molecular weight excluding hydrogens is 440 g/mol. The normalized spacial score (nSPS) is 17.3. The van der Waals surface area contributed by atoms with Crippen molar-refractivity contribution >= 4 is 23.1 Å². The molecule has 1 fully saturated rings. The molecule has 1 saturated heterocycles. The van der Waals surface area contributed by atoms with Crippen molar-refractivity contribution in [3.8, 4) is 5.75 Å². The van der Waals surface area contributed by atoms with E-state index in [9.17, 15) is 14.7 Å². The van der Waals surface area contributed by atoms with Crippen molar-refractivity contribution in [2.45, 2.75) is 46.6 Å². The van der Waals surface area contributed by atoms with Gasteiger partial charge in [0.25, 0.3) is 11.7 Å². The highest BCUT2D eigenvalue weighted by atomic mass is 16.5. The molecule has 6 nitrogen and oxygen atoms in total. The first-order valence-electron chi connectivity index (χ1n) is 11.6. The number of ketones is 1. The Balaban J connectivity index is 1.99. The maximum Gasteiger partial charge on any atom is 0.300 e. The molecule has 2 aromatic carbocycles. The van der Waals surface area contributed by atoms with E-state index in [0.29, 0.717) is 22.7 Å². The summed E-state index contributed by atoms with van der Waals surface area (Å²) in [6, 6.07) is 13.9. The average Bonchev–Trinajstić information content (AvgIpc) is 3.08. The number of hydrogen-bond donors (Lipinski definition) is 1. The molecule has 1 aliphatic heterocycles. The third-order valence-corrected chi connectivity index (χ3v) is 6.35. The van der Waals surface area contributed by atoms with Crippen LogP contribution in [0, 0.1) is 20.8 Å². The molecule has 1 amide bonds. The number of carbonyl (C=O) groups excluding carboxylic acids is 2. The zero-order valence-electron chi connectivity index (χ0n) is 20.9. The van der Waals surface area contributed by atoms with E-state index in [4.69, 9.17) is 4.74 Å². The number of ether oxygens (including phenoxy) is 1. The zero-order valence-corrected chi connectivity index (χ0v) is 20.9. The molecule has 2 heterocycles. The molecule has 0 saturated carbocycles. The average molecular weight is 471 g/mol. The number of nitrogens with zero attached hydrogens (tertiary/aromatic N) is 2. The number of carbonyl (C=O) groups is 2. The van der Waals surface area contributed by atoms with Crippen molar-refractivity contribution < 1.29 is 19.4 Å². The molecule has 3 aromatic rings. The Morgan fingerprint density at radius 3 is 2.29 bits per heavy atom. The largest absolute Gasteiger partial charge is 0.507 e. The summed E-state index contributed by atoms with van der Waals surface area (Å²) >= 11 is 0. The number of rotatable bonds is 5. The minimum Gasteiger partial charge on any atom is -0.507 e. The van der Waals surface area contributed by atoms with Crippen LogP contribution in [0.25, 0.3) is 5.76 Å². The molecule has 1 aliphatic rings. The van der Waals surface area contributed by atoms with E-state index in [2.05, 4.69) is 4.98 Å². The van der Waals surface area contributed by atoms with Crippen molar-refractivity contribution in [1.82, 2.24) is 4.98 Å². The van der Waals surface area contributed by atoms with E-state index in [1.807, 2.05) is 65.0 Å². The number of aliphatic hydroxyl groups excluding tert-OH is 1. The van der Waals surface area contributed by atoms with Gasteiger partial charge in [-0.1, -0.05) is 26.0 Å².